The van der Waals surface area contributed by atoms with Crippen LogP contribution < -0.4 is 0 Å². The van der Waals surface area contributed by atoms with Gasteiger partial charge in [0.15, 0.2) is 0 Å². The Morgan fingerprint density at radius 2 is 1.09 bits per heavy atom. The fourth-order valence-corrected chi connectivity index (χ4v) is 7.44. The Morgan fingerprint density at radius 1 is 0.696 bits per heavy atom. The van der Waals surface area contributed by atoms with Crippen molar-refractivity contribution in [2.75, 3.05) is 0 Å². The Balaban J connectivity index is 2.18. The number of carboxylic acids is 1. The number of aromatic carboxylic acids is 1. The van der Waals surface area contributed by atoms with Crippen LogP contribution in [-0.2, 0) is 0 Å². The van der Waals surface area contributed by atoms with Crippen LogP contribution in [0.5, 0.6) is 0 Å². The third-order valence-electron chi connectivity index (χ3n) is 3.56. The number of hydrogen-bond acceptors (Lipinski definition) is 1. The van der Waals surface area contributed by atoms with E-state index < -0.39 is 13.2 Å². The fourth-order valence-electron chi connectivity index (χ4n) is 2.41. The van der Waals surface area contributed by atoms with Gasteiger partial charge in [-0.15, -0.1) is 7.20 Å². The highest BCUT2D eigenvalue weighted by Crippen LogP contribution is 2.74. The van der Waals surface area contributed by atoms with E-state index in [1.807, 2.05) is 48.5 Å². The molecule has 0 fully saturated rings. The average molecular weight is 434 g/mol. The van der Waals surface area contributed by atoms with Gasteiger partial charge in [0.25, 0.3) is 0 Å². The van der Waals surface area contributed by atoms with E-state index >= 15 is 0 Å². The van der Waals surface area contributed by atoms with Gasteiger partial charge in [-0.3, -0.25) is 0 Å². The monoisotopic (exact) mass is 434 g/mol. The van der Waals surface area contributed by atoms with Gasteiger partial charge in [-0.05, 0) is 69.7 Å². The maximum absolute atomic E-state index is 11.1. The van der Waals surface area contributed by atoms with Gasteiger partial charge in [-0.25, -0.2) is 4.79 Å². The maximum atomic E-state index is 11.1. The van der Waals surface area contributed by atoms with Crippen molar-refractivity contribution in [2.24, 2.45) is 0 Å². The first kappa shape index (κ1) is 16.1. The molecule has 0 aromatic heterocycles. The van der Waals surface area contributed by atoms with Gasteiger partial charge in [0.05, 0.1) is 5.56 Å². The molecule has 3 aromatic carbocycles. The molecule has 0 unspecified atom stereocenters. The Kier molecular flexibility index (Phi) is 4.73. The van der Waals surface area contributed by atoms with Crippen LogP contribution in [0.25, 0.3) is 0 Å². The molecule has 2 nitrogen and oxygen atoms in total. The summed E-state index contributed by atoms with van der Waals surface area (Å²) in [6.45, 7) is 0. The average Bonchev–Trinajstić information content (AvgIpc) is 2.62. The van der Waals surface area contributed by atoms with E-state index in [0.717, 1.165) is 4.90 Å². The smallest absolute Gasteiger partial charge is 0.335 e. The second kappa shape index (κ2) is 6.76. The molecule has 0 bridgehead atoms. The minimum atomic E-state index is -1.44. The maximum Gasteiger partial charge on any atom is 0.335 e. The highest BCUT2D eigenvalue weighted by Gasteiger charge is 2.27. The molecule has 0 aliphatic heterocycles. The van der Waals surface area contributed by atoms with Crippen LogP contribution in [0.2, 0.25) is 0 Å². The highest BCUT2D eigenvalue weighted by atomic mass is 127. The second-order valence-corrected chi connectivity index (χ2v) is 11.4. The Labute approximate surface area is 149 Å². The van der Waals surface area contributed by atoms with Crippen molar-refractivity contribution >= 4 is 34.4 Å². The fraction of sp³-hybridized carbons (Fsp3) is 0. The minimum Gasteiger partial charge on any atom is -0.478 e. The summed E-state index contributed by atoms with van der Waals surface area (Å²) >= 11 is 2.54. The van der Waals surface area contributed by atoms with Crippen LogP contribution in [0.1, 0.15) is 10.4 Å². The lowest BCUT2D eigenvalue weighted by Gasteiger charge is -2.35. The highest BCUT2D eigenvalue weighted by molar-refractivity contribution is 14.2. The SMILES string of the molecule is O=C(O)c1ccc(S(I)(c2ccccc2)c2ccccc2)cc1. The van der Waals surface area contributed by atoms with E-state index in [2.05, 4.69) is 45.5 Å². The van der Waals surface area contributed by atoms with E-state index in [-0.39, 0.29) is 0 Å². The van der Waals surface area contributed by atoms with Crippen molar-refractivity contribution < 1.29 is 9.90 Å². The number of rotatable bonds is 4. The van der Waals surface area contributed by atoms with Gasteiger partial charge >= 0.3 is 5.97 Å². The molecule has 0 saturated heterocycles. The summed E-state index contributed by atoms with van der Waals surface area (Å²) in [7, 11) is -1.44. The lowest BCUT2D eigenvalue weighted by atomic mass is 10.2. The number of hydrogen-bond donors (Lipinski definition) is 1. The quantitative estimate of drug-likeness (QED) is 0.511. The van der Waals surface area contributed by atoms with Crippen molar-refractivity contribution in [3.63, 3.8) is 0 Å². The normalized spacial score (nSPS) is 11.9. The van der Waals surface area contributed by atoms with Gasteiger partial charge < -0.3 is 5.11 Å². The van der Waals surface area contributed by atoms with Gasteiger partial charge in [-0.1, -0.05) is 36.4 Å². The molecular weight excluding hydrogens is 419 g/mol. The largest absolute Gasteiger partial charge is 0.478 e. The third-order valence-corrected chi connectivity index (χ3v) is 10.9. The van der Waals surface area contributed by atoms with Crippen LogP contribution >= 0.6 is 28.4 Å². The zero-order valence-corrected chi connectivity index (χ0v) is 15.2. The minimum absolute atomic E-state index is 0.313. The summed E-state index contributed by atoms with van der Waals surface area (Å²) in [6, 6.07) is 28.0. The topological polar surface area (TPSA) is 37.3 Å². The standard InChI is InChI=1S/C19H15IO2S/c20-23(16-7-3-1-4-8-16,17-9-5-2-6-10-17)18-13-11-15(12-14-18)19(21)22/h1-14H,(H,21,22). The van der Waals surface area contributed by atoms with E-state index in [1.165, 1.54) is 9.79 Å². The molecule has 0 atom stereocenters. The van der Waals surface area contributed by atoms with Crippen LogP contribution in [0, 0.1) is 0 Å². The summed E-state index contributed by atoms with van der Waals surface area (Å²) in [4.78, 5) is 14.7. The van der Waals surface area contributed by atoms with Gasteiger partial charge in [-0.2, -0.15) is 0 Å². The number of benzene rings is 3. The van der Waals surface area contributed by atoms with E-state index in [4.69, 9.17) is 5.11 Å². The molecule has 4 heteroatoms. The van der Waals surface area contributed by atoms with Gasteiger partial charge in [0.2, 0.25) is 0 Å². The molecule has 1 N–H and O–H groups in total. The first-order chi connectivity index (χ1) is 11.1. The van der Waals surface area contributed by atoms with Crippen LogP contribution in [0.3, 0.4) is 0 Å². The number of carbonyl (C=O) groups is 1. The number of halogens is 1. The zero-order valence-electron chi connectivity index (χ0n) is 12.2. The summed E-state index contributed by atoms with van der Waals surface area (Å²) in [5, 5.41) is 9.12. The van der Waals surface area contributed by atoms with Crippen LogP contribution in [0.15, 0.2) is 99.6 Å². The molecule has 0 saturated carbocycles. The van der Waals surface area contributed by atoms with Crippen LogP contribution in [-0.4, -0.2) is 11.1 Å². The molecule has 23 heavy (non-hydrogen) atoms. The van der Waals surface area contributed by atoms with Gasteiger partial charge in [0.1, 0.15) is 0 Å². The first-order valence-corrected chi connectivity index (χ1v) is 11.3. The number of carboxylic acid groups (broad SMARTS) is 1. The molecule has 0 amide bonds. The summed E-state index contributed by atoms with van der Waals surface area (Å²) in [5.41, 5.74) is 0.313. The van der Waals surface area contributed by atoms with E-state index in [9.17, 15) is 4.79 Å². The van der Waals surface area contributed by atoms with Crippen molar-refractivity contribution in [1.29, 1.82) is 0 Å². The molecular formula is C19H15IO2S. The van der Waals surface area contributed by atoms with Crippen molar-refractivity contribution in [3.05, 3.63) is 90.5 Å². The third kappa shape index (κ3) is 3.14. The van der Waals surface area contributed by atoms with Gasteiger partial charge in [0, 0.05) is 14.7 Å². The second-order valence-electron chi connectivity index (χ2n) is 4.99. The molecule has 0 aliphatic rings. The van der Waals surface area contributed by atoms with Crippen molar-refractivity contribution in [3.8, 4) is 0 Å². The molecule has 0 spiro atoms. The summed E-state index contributed by atoms with van der Waals surface area (Å²) in [6.07, 6.45) is 0. The Bertz CT molecular complexity index is 762. The molecule has 0 heterocycles. The molecule has 116 valence electrons. The molecule has 3 rings (SSSR count). The van der Waals surface area contributed by atoms with Crippen LogP contribution in [0.4, 0.5) is 0 Å². The van der Waals surface area contributed by atoms with Crippen molar-refractivity contribution in [1.82, 2.24) is 0 Å². The zero-order chi connectivity index (χ0) is 16.3. The lowest BCUT2D eigenvalue weighted by molar-refractivity contribution is 0.0697. The predicted molar refractivity (Wildman–Crippen MR) is 103 cm³/mol. The van der Waals surface area contributed by atoms with Crippen molar-refractivity contribution in [2.45, 2.75) is 14.7 Å². The lowest BCUT2D eigenvalue weighted by Crippen LogP contribution is -1.99. The molecule has 3 aromatic rings. The molecule has 0 radical (unpaired) electrons. The molecule has 0 aliphatic carbocycles. The summed E-state index contributed by atoms with van der Waals surface area (Å²) < 4.78 is 0. The Hall–Kier alpha value is -1.79. The summed E-state index contributed by atoms with van der Waals surface area (Å²) in [5.74, 6) is -0.898. The Morgan fingerprint density at radius 3 is 1.48 bits per heavy atom. The van der Waals surface area contributed by atoms with E-state index in [0.29, 0.717) is 5.56 Å². The predicted octanol–water partition coefficient (Wildman–Crippen LogP) is 6.02. The first-order valence-electron chi connectivity index (χ1n) is 7.09. The van der Waals surface area contributed by atoms with E-state index in [1.54, 1.807) is 12.1 Å².